The summed E-state index contributed by atoms with van der Waals surface area (Å²) >= 11 is 0. The summed E-state index contributed by atoms with van der Waals surface area (Å²) in [6.07, 6.45) is 7.14. The third-order valence-corrected chi connectivity index (χ3v) is 3.76. The van der Waals surface area contributed by atoms with Crippen molar-refractivity contribution in [2.45, 2.75) is 45.4 Å². The lowest BCUT2D eigenvalue weighted by molar-refractivity contribution is -0.123. The Balaban J connectivity index is 2.15. The van der Waals surface area contributed by atoms with Crippen molar-refractivity contribution in [2.75, 3.05) is 5.32 Å². The topological polar surface area (TPSA) is 65.8 Å². The second-order valence-corrected chi connectivity index (χ2v) is 5.25. The molecule has 19 heavy (non-hydrogen) atoms. The first-order valence-electron chi connectivity index (χ1n) is 6.82. The maximum absolute atomic E-state index is 12.4. The van der Waals surface area contributed by atoms with Crippen molar-refractivity contribution < 1.29 is 4.79 Å². The molecule has 0 spiro atoms. The van der Waals surface area contributed by atoms with Gasteiger partial charge in [-0.05, 0) is 31.9 Å². The number of nitriles is 1. The molecule has 100 valence electrons. The number of carbonyl (C=O) groups is 1. The van der Waals surface area contributed by atoms with Crippen LogP contribution in [-0.4, -0.2) is 10.9 Å². The highest BCUT2D eigenvalue weighted by Gasteiger charge is 2.38. The Morgan fingerprint density at radius 1 is 1.37 bits per heavy atom. The fraction of sp³-hybridized carbons (Fsp3) is 0.533. The lowest BCUT2D eigenvalue weighted by atomic mass is 9.81. The van der Waals surface area contributed by atoms with E-state index in [1.165, 1.54) is 0 Å². The Kier molecular flexibility index (Phi) is 4.16. The molecule has 1 heterocycles. The van der Waals surface area contributed by atoms with E-state index in [1.807, 2.05) is 13.0 Å². The summed E-state index contributed by atoms with van der Waals surface area (Å²) in [5.41, 5.74) is 0.717. The van der Waals surface area contributed by atoms with E-state index < -0.39 is 5.41 Å². The number of nitrogens with zero attached hydrogens (tertiary/aromatic N) is 2. The molecule has 1 aromatic heterocycles. The highest BCUT2D eigenvalue weighted by molar-refractivity contribution is 5.97. The number of rotatable bonds is 2. The minimum Gasteiger partial charge on any atom is -0.325 e. The molecule has 1 amide bonds. The Hall–Kier alpha value is -1.89. The molecule has 0 saturated heterocycles. The minimum absolute atomic E-state index is 0.164. The van der Waals surface area contributed by atoms with Crippen molar-refractivity contribution in [3.05, 3.63) is 24.0 Å². The van der Waals surface area contributed by atoms with Crippen LogP contribution in [0.15, 0.2) is 18.3 Å². The quantitative estimate of drug-likeness (QED) is 0.827. The molecular formula is C15H19N3O. The van der Waals surface area contributed by atoms with Crippen molar-refractivity contribution in [1.29, 1.82) is 5.26 Å². The molecule has 4 heteroatoms. The van der Waals surface area contributed by atoms with Crippen LogP contribution in [0.3, 0.4) is 0 Å². The van der Waals surface area contributed by atoms with Gasteiger partial charge in [0.15, 0.2) is 0 Å². The number of nitrogens with one attached hydrogen (secondary N) is 1. The van der Waals surface area contributed by atoms with Crippen molar-refractivity contribution in [3.8, 4) is 6.07 Å². The number of aromatic nitrogens is 1. The largest absolute Gasteiger partial charge is 0.325 e. The molecule has 2 rings (SSSR count). The van der Waals surface area contributed by atoms with Crippen LogP contribution in [0.25, 0.3) is 0 Å². The van der Waals surface area contributed by atoms with Crippen molar-refractivity contribution >= 4 is 11.6 Å². The molecule has 0 aliphatic heterocycles. The summed E-state index contributed by atoms with van der Waals surface area (Å²) < 4.78 is 0. The standard InChI is InChI=1S/C15H19N3O/c1-12-10-13(6-9-17-12)18-14(19)15(11-16)7-4-2-3-5-8-15/h6,9-10H,2-5,7-8H2,1H3,(H,17,18,19). The van der Waals surface area contributed by atoms with Gasteiger partial charge in [0.05, 0.1) is 6.07 Å². The Bertz CT molecular complexity index is 496. The average molecular weight is 257 g/mol. The van der Waals surface area contributed by atoms with E-state index in [2.05, 4.69) is 16.4 Å². The molecule has 1 fully saturated rings. The summed E-state index contributed by atoms with van der Waals surface area (Å²) in [5, 5.41) is 12.3. The Morgan fingerprint density at radius 2 is 2.05 bits per heavy atom. The minimum atomic E-state index is -0.853. The molecule has 1 aromatic rings. The fourth-order valence-electron chi connectivity index (χ4n) is 2.60. The predicted molar refractivity (Wildman–Crippen MR) is 73.4 cm³/mol. The molecule has 0 atom stereocenters. The van der Waals surface area contributed by atoms with Crippen LogP contribution < -0.4 is 5.32 Å². The predicted octanol–water partition coefficient (Wildman–Crippen LogP) is 3.19. The van der Waals surface area contributed by atoms with Gasteiger partial charge in [-0.1, -0.05) is 25.7 Å². The maximum Gasteiger partial charge on any atom is 0.244 e. The molecular weight excluding hydrogens is 238 g/mol. The number of hydrogen-bond donors (Lipinski definition) is 1. The van der Waals surface area contributed by atoms with E-state index >= 15 is 0 Å². The van der Waals surface area contributed by atoms with Crippen LogP contribution in [0.1, 0.15) is 44.2 Å². The number of aryl methyl sites for hydroxylation is 1. The zero-order valence-electron chi connectivity index (χ0n) is 11.3. The van der Waals surface area contributed by atoms with Crippen LogP contribution in [0.4, 0.5) is 5.69 Å². The van der Waals surface area contributed by atoms with Crippen LogP contribution in [0.2, 0.25) is 0 Å². The van der Waals surface area contributed by atoms with Gasteiger partial charge in [-0.2, -0.15) is 5.26 Å². The zero-order valence-corrected chi connectivity index (χ0v) is 11.3. The smallest absolute Gasteiger partial charge is 0.244 e. The first-order valence-corrected chi connectivity index (χ1v) is 6.82. The van der Waals surface area contributed by atoms with Crippen LogP contribution >= 0.6 is 0 Å². The first kappa shape index (κ1) is 13.5. The van der Waals surface area contributed by atoms with Gasteiger partial charge in [0, 0.05) is 17.6 Å². The molecule has 0 radical (unpaired) electrons. The van der Waals surface area contributed by atoms with E-state index in [9.17, 15) is 10.1 Å². The summed E-state index contributed by atoms with van der Waals surface area (Å²) in [7, 11) is 0. The summed E-state index contributed by atoms with van der Waals surface area (Å²) in [6.45, 7) is 1.88. The summed E-state index contributed by atoms with van der Waals surface area (Å²) in [4.78, 5) is 16.5. The Morgan fingerprint density at radius 3 is 2.63 bits per heavy atom. The molecule has 0 aromatic carbocycles. The first-order chi connectivity index (χ1) is 9.16. The van der Waals surface area contributed by atoms with Gasteiger partial charge in [0.1, 0.15) is 5.41 Å². The molecule has 1 N–H and O–H groups in total. The van der Waals surface area contributed by atoms with E-state index in [1.54, 1.807) is 12.3 Å². The summed E-state index contributed by atoms with van der Waals surface area (Å²) in [6, 6.07) is 5.84. The number of pyridine rings is 1. The molecule has 0 bridgehead atoms. The third kappa shape index (κ3) is 3.11. The number of hydrogen-bond acceptors (Lipinski definition) is 3. The maximum atomic E-state index is 12.4. The third-order valence-electron chi connectivity index (χ3n) is 3.76. The van der Waals surface area contributed by atoms with Gasteiger partial charge in [-0.15, -0.1) is 0 Å². The van der Waals surface area contributed by atoms with E-state index in [0.717, 1.165) is 37.1 Å². The van der Waals surface area contributed by atoms with Gasteiger partial charge < -0.3 is 5.32 Å². The van der Waals surface area contributed by atoms with Crippen LogP contribution in [-0.2, 0) is 4.79 Å². The second kappa shape index (κ2) is 5.83. The molecule has 1 aliphatic rings. The van der Waals surface area contributed by atoms with Crippen molar-refractivity contribution in [3.63, 3.8) is 0 Å². The van der Waals surface area contributed by atoms with Crippen LogP contribution in [0.5, 0.6) is 0 Å². The van der Waals surface area contributed by atoms with E-state index in [4.69, 9.17) is 0 Å². The van der Waals surface area contributed by atoms with Crippen molar-refractivity contribution in [2.24, 2.45) is 5.41 Å². The molecule has 4 nitrogen and oxygen atoms in total. The van der Waals surface area contributed by atoms with Crippen LogP contribution in [0, 0.1) is 23.7 Å². The number of carbonyl (C=O) groups excluding carboxylic acids is 1. The fourth-order valence-corrected chi connectivity index (χ4v) is 2.60. The van der Waals surface area contributed by atoms with Gasteiger partial charge in [-0.3, -0.25) is 9.78 Å². The van der Waals surface area contributed by atoms with Gasteiger partial charge in [0.25, 0.3) is 0 Å². The molecule has 0 unspecified atom stereocenters. The normalized spacial score (nSPS) is 18.1. The zero-order chi connectivity index (χ0) is 13.7. The average Bonchev–Trinajstić information content (AvgIpc) is 2.65. The lowest BCUT2D eigenvalue weighted by Gasteiger charge is -2.23. The highest BCUT2D eigenvalue weighted by Crippen LogP contribution is 2.35. The number of anilines is 1. The second-order valence-electron chi connectivity index (χ2n) is 5.25. The van der Waals surface area contributed by atoms with E-state index in [-0.39, 0.29) is 5.91 Å². The summed E-state index contributed by atoms with van der Waals surface area (Å²) in [5.74, 6) is -0.164. The molecule has 1 saturated carbocycles. The SMILES string of the molecule is Cc1cc(NC(=O)C2(C#N)CCCCCC2)ccn1. The highest BCUT2D eigenvalue weighted by atomic mass is 16.2. The van der Waals surface area contributed by atoms with Gasteiger partial charge in [0.2, 0.25) is 5.91 Å². The van der Waals surface area contributed by atoms with Crippen molar-refractivity contribution in [1.82, 2.24) is 4.98 Å². The Labute approximate surface area is 113 Å². The lowest BCUT2D eigenvalue weighted by Crippen LogP contribution is -2.34. The monoisotopic (exact) mass is 257 g/mol. The number of amides is 1. The van der Waals surface area contributed by atoms with E-state index in [0.29, 0.717) is 12.8 Å². The molecule has 1 aliphatic carbocycles. The van der Waals surface area contributed by atoms with Gasteiger partial charge >= 0.3 is 0 Å². The van der Waals surface area contributed by atoms with Gasteiger partial charge in [-0.25, -0.2) is 0 Å².